The molecule has 172 valence electrons. The van der Waals surface area contributed by atoms with Crippen molar-refractivity contribution >= 4 is 73.3 Å². The fraction of sp³-hybridized carbons (Fsp3) is 0.222. The number of nitrogens with zero attached hydrogens (tertiary/aromatic N) is 2. The Balaban J connectivity index is 0.000000227. The van der Waals surface area contributed by atoms with Crippen LogP contribution in [0.2, 0.25) is 0 Å². The van der Waals surface area contributed by atoms with Gasteiger partial charge < -0.3 is 19.8 Å². The smallest absolute Gasteiger partial charge is 0.558 e. The van der Waals surface area contributed by atoms with Gasteiger partial charge in [-0.3, -0.25) is 0 Å². The van der Waals surface area contributed by atoms with E-state index in [1.165, 1.54) is 0 Å². The van der Waals surface area contributed by atoms with Gasteiger partial charge in [-0.1, -0.05) is 0 Å². The van der Waals surface area contributed by atoms with Crippen LogP contribution in [-0.4, -0.2) is 50.1 Å². The molecule has 0 aliphatic heterocycles. The number of aromatic nitrogens is 2. The van der Waals surface area contributed by atoms with Crippen molar-refractivity contribution in [1.82, 2.24) is 9.97 Å². The number of thiazole rings is 2. The molecule has 0 saturated heterocycles. The van der Waals surface area contributed by atoms with Crippen molar-refractivity contribution < 1.29 is 26.3 Å². The zero-order chi connectivity index (χ0) is 23.5. The number of sulfonamides is 2. The van der Waals surface area contributed by atoms with E-state index in [0.29, 0.717) is 45.1 Å². The second kappa shape index (κ2) is 10.8. The van der Waals surface area contributed by atoms with Crippen LogP contribution in [0.1, 0.15) is 13.8 Å². The molecule has 0 aliphatic rings. The molecule has 33 heavy (non-hydrogen) atoms. The average Bonchev–Trinajstić information content (AvgIpc) is 3.32. The van der Waals surface area contributed by atoms with Crippen molar-refractivity contribution in [3.05, 3.63) is 46.7 Å². The van der Waals surface area contributed by atoms with Gasteiger partial charge in [0.1, 0.15) is 31.5 Å². The number of hydrogen-bond donors (Lipinski definition) is 0. The Morgan fingerprint density at radius 3 is 1.42 bits per heavy atom. The number of hydrogen-bond acceptors (Lipinski definition) is 10. The van der Waals surface area contributed by atoms with E-state index >= 15 is 0 Å². The predicted octanol–water partition coefficient (Wildman–Crippen LogP) is 4.49. The Morgan fingerprint density at radius 1 is 0.758 bits per heavy atom. The summed E-state index contributed by atoms with van der Waals surface area (Å²) in [5.41, 5.74) is 1.14. The summed E-state index contributed by atoms with van der Waals surface area (Å²) >= 11 is 1.96. The van der Waals surface area contributed by atoms with Crippen LogP contribution >= 0.6 is 22.7 Å². The number of nitrogens with one attached hydrogen (secondary N) is 2. The van der Waals surface area contributed by atoms with Crippen LogP contribution in [0.4, 0.5) is 0 Å². The van der Waals surface area contributed by atoms with Gasteiger partial charge in [-0.2, -0.15) is 0 Å². The van der Waals surface area contributed by atoms with Crippen molar-refractivity contribution in [2.75, 3.05) is 13.2 Å². The predicted molar refractivity (Wildman–Crippen MR) is 130 cm³/mol. The molecule has 2 N–H and O–H groups in total. The second-order valence-electron chi connectivity index (χ2n) is 6.09. The molecular weight excluding hydrogens is 506 g/mol. The van der Waals surface area contributed by atoms with Gasteiger partial charge in [0.25, 0.3) is 0 Å². The van der Waals surface area contributed by atoms with E-state index in [1.807, 2.05) is 13.8 Å². The molecule has 0 bridgehead atoms. The van der Waals surface area contributed by atoms with Crippen LogP contribution in [-0.2, 0) is 20.0 Å². The Morgan fingerprint density at radius 2 is 1.12 bits per heavy atom. The van der Waals surface area contributed by atoms with Crippen LogP contribution in [0.15, 0.2) is 45.1 Å². The van der Waals surface area contributed by atoms with E-state index < -0.39 is 20.0 Å². The first kappa shape index (κ1) is 27.1. The first-order chi connectivity index (χ1) is 15.0. The van der Waals surface area contributed by atoms with E-state index in [2.05, 4.69) is 9.97 Å². The Bertz CT molecular complexity index is 1360. The Kier molecular flexibility index (Phi) is 8.87. The molecule has 2 aromatic heterocycles. The number of rotatable bonds is 6. The third-order valence-corrected chi connectivity index (χ3v) is 8.31. The van der Waals surface area contributed by atoms with Crippen molar-refractivity contribution in [1.29, 1.82) is 0 Å². The number of ether oxygens (including phenoxy) is 2. The second-order valence-corrected chi connectivity index (χ2v) is 11.5. The zero-order valence-corrected chi connectivity index (χ0v) is 20.8. The van der Waals surface area contributed by atoms with Crippen LogP contribution in [0.3, 0.4) is 0 Å². The molecular formula is C18H18BeN4O6S4. The van der Waals surface area contributed by atoms with Crippen LogP contribution in [0.5, 0.6) is 11.5 Å². The molecule has 15 heteroatoms. The maximum Gasteiger partial charge on any atom is 2.00 e. The third-order valence-electron chi connectivity index (χ3n) is 3.76. The Hall–Kier alpha value is -2.19. The Labute approximate surface area is 202 Å². The number of fused-ring (bicyclic) bond motifs is 2. The summed E-state index contributed by atoms with van der Waals surface area (Å²) in [6, 6.07) is 10.3. The monoisotopic (exact) mass is 523 g/mol. The topological polar surface area (TPSA) is 160 Å². The first-order valence-electron chi connectivity index (χ1n) is 9.07. The molecule has 0 aliphatic carbocycles. The summed E-state index contributed by atoms with van der Waals surface area (Å²) in [5.74, 6) is 1.35. The fourth-order valence-corrected chi connectivity index (χ4v) is 5.81. The van der Waals surface area contributed by atoms with E-state index in [0.717, 1.165) is 22.7 Å². The SMILES string of the molecule is CCOc1ccc2nc(S([NH-])(=O)=O)sc2c1.CCOc1ccc2nc(S([NH-])(=O)=O)sc2c1.[Be+2]. The van der Waals surface area contributed by atoms with Gasteiger partial charge in [-0.05, 0) is 50.2 Å². The minimum atomic E-state index is -3.97. The van der Waals surface area contributed by atoms with Gasteiger partial charge in [0.05, 0.1) is 33.6 Å². The van der Waals surface area contributed by atoms with Crippen LogP contribution < -0.4 is 9.47 Å². The zero-order valence-electron chi connectivity index (χ0n) is 17.6. The van der Waals surface area contributed by atoms with Gasteiger partial charge in [-0.15, -0.1) is 22.7 Å². The van der Waals surface area contributed by atoms with Crippen LogP contribution in [0, 0.1) is 0 Å². The summed E-state index contributed by atoms with van der Waals surface area (Å²) < 4.78 is 55.6. The third kappa shape index (κ3) is 6.90. The van der Waals surface area contributed by atoms with Crippen molar-refractivity contribution in [2.24, 2.45) is 0 Å². The van der Waals surface area contributed by atoms with Crippen molar-refractivity contribution in [2.45, 2.75) is 22.5 Å². The molecule has 0 radical (unpaired) electrons. The van der Waals surface area contributed by atoms with Gasteiger partial charge in [-0.25, -0.2) is 26.8 Å². The molecule has 0 atom stereocenters. The van der Waals surface area contributed by atoms with E-state index in [-0.39, 0.29) is 18.8 Å². The van der Waals surface area contributed by atoms with Crippen molar-refractivity contribution in [3.63, 3.8) is 0 Å². The fourth-order valence-electron chi connectivity index (χ4n) is 2.51. The molecule has 10 nitrogen and oxygen atoms in total. The average molecular weight is 524 g/mol. The minimum Gasteiger partial charge on any atom is -0.558 e. The maximum absolute atomic E-state index is 11.0. The summed E-state index contributed by atoms with van der Waals surface area (Å²) in [7, 11) is -7.95. The number of benzene rings is 2. The van der Waals surface area contributed by atoms with Gasteiger partial charge in [0, 0.05) is 0 Å². The normalized spacial score (nSPS) is 11.5. The molecule has 0 fully saturated rings. The van der Waals surface area contributed by atoms with Crippen molar-refractivity contribution in [3.8, 4) is 11.5 Å². The quantitative estimate of drug-likeness (QED) is 0.334. The van der Waals surface area contributed by atoms with Gasteiger partial charge >= 0.3 is 10.1 Å². The standard InChI is InChI=1S/2C9H9N2O3S2.Be/c2*1-2-14-6-3-4-7-8(5-6)15-9(11-7)16(10,12)13;/h2*3-5H,2H2,1H3,(H-,10,12,13);/q2*-1;+2. The molecule has 4 aromatic rings. The molecule has 0 unspecified atom stereocenters. The van der Waals surface area contributed by atoms with E-state index in [4.69, 9.17) is 19.8 Å². The molecule has 0 amide bonds. The maximum atomic E-state index is 11.0. The van der Waals surface area contributed by atoms with E-state index in [1.54, 1.807) is 36.4 Å². The van der Waals surface area contributed by atoms with E-state index in [9.17, 15) is 16.8 Å². The summed E-state index contributed by atoms with van der Waals surface area (Å²) in [4.78, 5) is 7.75. The summed E-state index contributed by atoms with van der Waals surface area (Å²) in [6.45, 7) is 4.84. The first-order valence-corrected chi connectivity index (χ1v) is 13.7. The molecule has 0 saturated carbocycles. The molecule has 2 heterocycles. The van der Waals surface area contributed by atoms with Crippen LogP contribution in [0.25, 0.3) is 30.7 Å². The minimum absolute atomic E-state index is 0. The summed E-state index contributed by atoms with van der Waals surface area (Å²) in [5, 5.41) is 13.9. The largest absolute Gasteiger partial charge is 2.00 e. The molecule has 2 aromatic carbocycles. The molecule has 0 spiro atoms. The molecule has 4 rings (SSSR count). The van der Waals surface area contributed by atoms with Gasteiger partial charge in [0.15, 0.2) is 8.68 Å². The summed E-state index contributed by atoms with van der Waals surface area (Å²) in [6.07, 6.45) is 0. The van der Waals surface area contributed by atoms with Gasteiger partial charge in [0.2, 0.25) is 0 Å².